The molecule has 0 aromatic heterocycles. The van der Waals surface area contributed by atoms with Gasteiger partial charge in [-0.05, 0) is 26.8 Å². The SMILES string of the molecule is FC1(F)CC=c2ccc3cccc4ccc1c2c43. The van der Waals surface area contributed by atoms with Crippen LogP contribution in [0.15, 0.2) is 42.5 Å². The maximum atomic E-state index is 14.0. The number of hydrogen-bond donors (Lipinski definition) is 0. The van der Waals surface area contributed by atoms with Gasteiger partial charge < -0.3 is 0 Å². The molecule has 3 aromatic rings. The molecule has 0 radical (unpaired) electrons. The van der Waals surface area contributed by atoms with E-state index in [4.69, 9.17) is 0 Å². The van der Waals surface area contributed by atoms with Crippen LogP contribution in [-0.2, 0) is 5.92 Å². The van der Waals surface area contributed by atoms with Crippen LogP contribution in [-0.4, -0.2) is 0 Å². The molecule has 0 saturated heterocycles. The molecule has 1 aliphatic carbocycles. The van der Waals surface area contributed by atoms with E-state index in [0.717, 1.165) is 26.8 Å². The first-order chi connectivity index (χ1) is 8.67. The van der Waals surface area contributed by atoms with E-state index in [1.807, 2.05) is 30.3 Å². The molecule has 2 heteroatoms. The van der Waals surface area contributed by atoms with Crippen molar-refractivity contribution in [3.05, 3.63) is 53.2 Å². The van der Waals surface area contributed by atoms with Gasteiger partial charge in [0.05, 0.1) is 0 Å². The highest BCUT2D eigenvalue weighted by molar-refractivity contribution is 6.11. The summed E-state index contributed by atoms with van der Waals surface area (Å²) in [6.45, 7) is 0. The lowest BCUT2D eigenvalue weighted by Crippen LogP contribution is -2.22. The second kappa shape index (κ2) is 3.08. The number of halogens is 2. The summed E-state index contributed by atoms with van der Waals surface area (Å²) >= 11 is 0. The molecule has 0 spiro atoms. The molecule has 3 aromatic carbocycles. The van der Waals surface area contributed by atoms with Gasteiger partial charge in [-0.15, -0.1) is 0 Å². The predicted molar refractivity (Wildman–Crippen MR) is 69.6 cm³/mol. The molecule has 0 saturated carbocycles. The first-order valence-electron chi connectivity index (χ1n) is 5.99. The van der Waals surface area contributed by atoms with Crippen molar-refractivity contribution in [1.82, 2.24) is 0 Å². The third-order valence-corrected chi connectivity index (χ3v) is 3.78. The van der Waals surface area contributed by atoms with E-state index >= 15 is 0 Å². The average Bonchev–Trinajstić information content (AvgIpc) is 2.38. The number of benzene rings is 3. The third kappa shape index (κ3) is 1.13. The molecule has 0 atom stereocenters. The van der Waals surface area contributed by atoms with E-state index in [-0.39, 0.29) is 12.0 Å². The van der Waals surface area contributed by atoms with Crippen LogP contribution in [0, 0.1) is 0 Å². The fraction of sp³-hybridized carbons (Fsp3) is 0.125. The Morgan fingerprint density at radius 2 is 1.56 bits per heavy atom. The zero-order valence-corrected chi connectivity index (χ0v) is 9.58. The van der Waals surface area contributed by atoms with E-state index in [1.165, 1.54) is 0 Å². The summed E-state index contributed by atoms with van der Waals surface area (Å²) < 4.78 is 28.0. The summed E-state index contributed by atoms with van der Waals surface area (Å²) in [4.78, 5) is 0. The Bertz CT molecular complexity index is 815. The van der Waals surface area contributed by atoms with Crippen LogP contribution in [0.2, 0.25) is 0 Å². The minimum atomic E-state index is -2.74. The molecule has 1 aliphatic rings. The Kier molecular flexibility index (Phi) is 1.71. The molecule has 0 heterocycles. The summed E-state index contributed by atoms with van der Waals surface area (Å²) in [6.07, 6.45) is 1.45. The van der Waals surface area contributed by atoms with Crippen LogP contribution in [0.5, 0.6) is 0 Å². The Morgan fingerprint density at radius 3 is 2.33 bits per heavy atom. The summed E-state index contributed by atoms with van der Waals surface area (Å²) in [5.74, 6) is -2.74. The van der Waals surface area contributed by atoms with Crippen molar-refractivity contribution in [2.45, 2.75) is 12.3 Å². The molecule has 0 bridgehead atoms. The number of alkyl halides is 2. The highest BCUT2D eigenvalue weighted by Crippen LogP contribution is 2.40. The van der Waals surface area contributed by atoms with Gasteiger partial charge in [-0.1, -0.05) is 48.5 Å². The smallest absolute Gasteiger partial charge is 0.201 e. The minimum absolute atomic E-state index is 0.171. The Labute approximate surface area is 103 Å². The van der Waals surface area contributed by atoms with Gasteiger partial charge in [0.25, 0.3) is 5.92 Å². The van der Waals surface area contributed by atoms with Crippen molar-refractivity contribution in [3.63, 3.8) is 0 Å². The summed E-state index contributed by atoms with van der Waals surface area (Å²) in [5.41, 5.74) is 0.171. The fourth-order valence-electron chi connectivity index (χ4n) is 2.93. The second-order valence-electron chi connectivity index (χ2n) is 4.83. The zero-order chi connectivity index (χ0) is 12.3. The van der Waals surface area contributed by atoms with E-state index in [0.29, 0.717) is 0 Å². The van der Waals surface area contributed by atoms with Crippen LogP contribution in [0.25, 0.3) is 27.6 Å². The van der Waals surface area contributed by atoms with Crippen LogP contribution in [0.4, 0.5) is 8.78 Å². The summed E-state index contributed by atoms with van der Waals surface area (Å²) in [6, 6.07) is 13.2. The van der Waals surface area contributed by atoms with E-state index < -0.39 is 5.92 Å². The molecule has 0 unspecified atom stereocenters. The Balaban J connectivity index is 2.37. The molecular formula is C16H10F2. The monoisotopic (exact) mass is 240 g/mol. The molecule has 18 heavy (non-hydrogen) atoms. The third-order valence-electron chi connectivity index (χ3n) is 3.78. The van der Waals surface area contributed by atoms with Crippen molar-refractivity contribution >= 4 is 27.6 Å². The predicted octanol–water partition coefficient (Wildman–Crippen LogP) is 3.99. The van der Waals surface area contributed by atoms with Crippen LogP contribution >= 0.6 is 0 Å². The first-order valence-corrected chi connectivity index (χ1v) is 5.99. The average molecular weight is 240 g/mol. The van der Waals surface area contributed by atoms with Crippen molar-refractivity contribution in [2.24, 2.45) is 0 Å². The van der Waals surface area contributed by atoms with Gasteiger partial charge in [0.2, 0.25) is 0 Å². The molecule has 0 nitrogen and oxygen atoms in total. The Hall–Kier alpha value is -1.96. The summed E-state index contributed by atoms with van der Waals surface area (Å²) in [7, 11) is 0. The fourth-order valence-corrected chi connectivity index (χ4v) is 2.93. The van der Waals surface area contributed by atoms with Gasteiger partial charge in [-0.25, -0.2) is 8.78 Å². The molecule has 0 fully saturated rings. The first kappa shape index (κ1) is 10.0. The lowest BCUT2D eigenvalue weighted by Gasteiger charge is -2.22. The molecule has 0 N–H and O–H groups in total. The highest BCUT2D eigenvalue weighted by Gasteiger charge is 2.34. The van der Waals surface area contributed by atoms with Gasteiger partial charge in [0.15, 0.2) is 0 Å². The second-order valence-corrected chi connectivity index (χ2v) is 4.83. The molecular weight excluding hydrogens is 230 g/mol. The summed E-state index contributed by atoms with van der Waals surface area (Å²) in [5, 5.41) is 4.67. The minimum Gasteiger partial charge on any atom is -0.201 e. The number of rotatable bonds is 0. The lowest BCUT2D eigenvalue weighted by atomic mass is 9.88. The van der Waals surface area contributed by atoms with Crippen molar-refractivity contribution in [1.29, 1.82) is 0 Å². The molecule has 4 rings (SSSR count). The van der Waals surface area contributed by atoms with Crippen LogP contribution in [0.3, 0.4) is 0 Å². The maximum absolute atomic E-state index is 14.0. The lowest BCUT2D eigenvalue weighted by molar-refractivity contribution is 0.00344. The zero-order valence-electron chi connectivity index (χ0n) is 9.58. The topological polar surface area (TPSA) is 0 Å². The van der Waals surface area contributed by atoms with E-state index in [2.05, 4.69) is 0 Å². The van der Waals surface area contributed by atoms with E-state index in [9.17, 15) is 8.78 Å². The van der Waals surface area contributed by atoms with Gasteiger partial charge in [0, 0.05) is 12.0 Å². The Morgan fingerprint density at radius 1 is 0.833 bits per heavy atom. The van der Waals surface area contributed by atoms with Crippen molar-refractivity contribution in [3.8, 4) is 0 Å². The highest BCUT2D eigenvalue weighted by atomic mass is 19.3. The van der Waals surface area contributed by atoms with Gasteiger partial charge in [-0.3, -0.25) is 0 Å². The largest absolute Gasteiger partial charge is 0.277 e. The molecule has 0 amide bonds. The quantitative estimate of drug-likeness (QED) is 0.557. The standard InChI is InChI=1S/C16H10F2/c17-16(18)9-8-12-5-4-10-2-1-3-11-6-7-13(16)15(12)14(10)11/h1-8H,9H2. The molecule has 0 aliphatic heterocycles. The molecule has 88 valence electrons. The number of hydrogen-bond acceptors (Lipinski definition) is 0. The normalized spacial score (nSPS) is 17.0. The maximum Gasteiger partial charge on any atom is 0.277 e. The van der Waals surface area contributed by atoms with Crippen LogP contribution < -0.4 is 5.22 Å². The van der Waals surface area contributed by atoms with Gasteiger partial charge in [-0.2, -0.15) is 0 Å². The van der Waals surface area contributed by atoms with E-state index in [1.54, 1.807) is 18.2 Å². The van der Waals surface area contributed by atoms with Crippen LogP contribution in [0.1, 0.15) is 12.0 Å². The van der Waals surface area contributed by atoms with Crippen molar-refractivity contribution in [2.75, 3.05) is 0 Å². The van der Waals surface area contributed by atoms with Crippen molar-refractivity contribution < 1.29 is 8.78 Å². The van der Waals surface area contributed by atoms with Gasteiger partial charge in [0.1, 0.15) is 0 Å². The van der Waals surface area contributed by atoms with Gasteiger partial charge >= 0.3 is 0 Å².